The Morgan fingerprint density at radius 1 is 1.19 bits per heavy atom. The van der Waals surface area contributed by atoms with Crippen LogP contribution in [0.2, 0.25) is 0 Å². The fourth-order valence-corrected chi connectivity index (χ4v) is 4.35. The number of nitrogens with zero attached hydrogens (tertiary/aromatic N) is 2. The highest BCUT2D eigenvalue weighted by Crippen LogP contribution is 2.29. The van der Waals surface area contributed by atoms with Crippen molar-refractivity contribution in [2.75, 3.05) is 13.1 Å². The van der Waals surface area contributed by atoms with Gasteiger partial charge in [-0.15, -0.1) is 0 Å². The Bertz CT molecular complexity index is 622. The third-order valence-corrected chi connectivity index (χ3v) is 5.94. The molecule has 6 heteroatoms. The SMILES string of the molecule is O=S1(=O)c2ccccc2N=CN1CCNC1CCCCC1. The number of aliphatic imine (C=N–C) groups is 1. The maximum absolute atomic E-state index is 12.5. The van der Waals surface area contributed by atoms with E-state index in [1.54, 1.807) is 24.3 Å². The van der Waals surface area contributed by atoms with Crippen LogP contribution in [0.5, 0.6) is 0 Å². The van der Waals surface area contributed by atoms with E-state index < -0.39 is 10.0 Å². The highest BCUT2D eigenvalue weighted by atomic mass is 32.2. The molecule has 0 amide bonds. The van der Waals surface area contributed by atoms with Crippen molar-refractivity contribution in [2.45, 2.75) is 43.0 Å². The molecule has 5 nitrogen and oxygen atoms in total. The minimum atomic E-state index is -3.44. The molecule has 1 aromatic rings. The van der Waals surface area contributed by atoms with Gasteiger partial charge in [-0.05, 0) is 25.0 Å². The molecule has 0 atom stereocenters. The second-order valence-electron chi connectivity index (χ2n) is 5.62. The Kier molecular flexibility index (Phi) is 4.26. The standard InChI is InChI=1S/C15H21N3O2S/c19-21(20)15-9-5-4-8-14(15)17-12-18(21)11-10-16-13-6-2-1-3-7-13/h4-5,8-9,12-13,16H,1-3,6-7,10-11H2. The first-order valence-electron chi connectivity index (χ1n) is 7.56. The van der Waals surface area contributed by atoms with Crippen LogP contribution >= 0.6 is 0 Å². The predicted molar refractivity (Wildman–Crippen MR) is 83.4 cm³/mol. The maximum atomic E-state index is 12.5. The van der Waals surface area contributed by atoms with Crippen molar-refractivity contribution < 1.29 is 8.42 Å². The molecular weight excluding hydrogens is 286 g/mol. The Labute approximate surface area is 126 Å². The van der Waals surface area contributed by atoms with Gasteiger partial charge in [-0.2, -0.15) is 0 Å². The lowest BCUT2D eigenvalue weighted by Gasteiger charge is -2.26. The molecule has 0 radical (unpaired) electrons. The molecule has 1 aliphatic carbocycles. The number of hydrogen-bond donors (Lipinski definition) is 1. The van der Waals surface area contributed by atoms with Crippen molar-refractivity contribution in [3.8, 4) is 0 Å². The number of nitrogens with one attached hydrogen (secondary N) is 1. The van der Waals surface area contributed by atoms with E-state index in [1.807, 2.05) is 0 Å². The molecular formula is C15H21N3O2S. The van der Waals surface area contributed by atoms with E-state index in [2.05, 4.69) is 10.3 Å². The van der Waals surface area contributed by atoms with Gasteiger partial charge in [-0.3, -0.25) is 4.31 Å². The van der Waals surface area contributed by atoms with Crippen molar-refractivity contribution in [1.82, 2.24) is 9.62 Å². The minimum absolute atomic E-state index is 0.296. The van der Waals surface area contributed by atoms with Gasteiger partial charge in [0.1, 0.15) is 11.2 Å². The molecule has 0 aromatic heterocycles. The number of para-hydroxylation sites is 1. The molecule has 3 rings (SSSR count). The molecule has 0 unspecified atom stereocenters. The first-order valence-corrected chi connectivity index (χ1v) is 9.00. The molecule has 1 aromatic carbocycles. The molecule has 0 saturated heterocycles. The molecule has 1 N–H and O–H groups in total. The van der Waals surface area contributed by atoms with Crippen molar-refractivity contribution in [1.29, 1.82) is 0 Å². The van der Waals surface area contributed by atoms with Crippen LogP contribution in [0.4, 0.5) is 5.69 Å². The van der Waals surface area contributed by atoms with Crippen LogP contribution in [0.3, 0.4) is 0 Å². The lowest BCUT2D eigenvalue weighted by molar-refractivity contribution is 0.367. The van der Waals surface area contributed by atoms with Crippen molar-refractivity contribution >= 4 is 22.0 Å². The molecule has 0 spiro atoms. The van der Waals surface area contributed by atoms with Gasteiger partial charge in [0.05, 0.1) is 5.69 Å². The Morgan fingerprint density at radius 3 is 2.76 bits per heavy atom. The van der Waals surface area contributed by atoms with Gasteiger partial charge in [0.25, 0.3) is 10.0 Å². The summed E-state index contributed by atoms with van der Waals surface area (Å²) in [4.78, 5) is 4.53. The summed E-state index contributed by atoms with van der Waals surface area (Å²) in [5, 5.41) is 3.46. The van der Waals surface area contributed by atoms with Crippen LogP contribution in [-0.4, -0.2) is 38.2 Å². The first kappa shape index (κ1) is 14.5. The highest BCUT2D eigenvalue weighted by molar-refractivity contribution is 7.89. The summed E-state index contributed by atoms with van der Waals surface area (Å²) in [6.45, 7) is 1.09. The summed E-state index contributed by atoms with van der Waals surface area (Å²) < 4.78 is 26.3. The van der Waals surface area contributed by atoms with Gasteiger partial charge in [-0.25, -0.2) is 13.4 Å². The van der Waals surface area contributed by atoms with Crippen molar-refractivity contribution in [3.05, 3.63) is 24.3 Å². The summed E-state index contributed by atoms with van der Waals surface area (Å²) in [5.41, 5.74) is 0.522. The van der Waals surface area contributed by atoms with E-state index in [9.17, 15) is 8.42 Å². The van der Waals surface area contributed by atoms with Crippen LogP contribution in [-0.2, 0) is 10.0 Å². The number of hydrogen-bond acceptors (Lipinski definition) is 4. The third-order valence-electron chi connectivity index (χ3n) is 4.15. The van der Waals surface area contributed by atoms with Gasteiger partial charge in [0.2, 0.25) is 0 Å². The second-order valence-corrected chi connectivity index (χ2v) is 7.48. The predicted octanol–water partition coefficient (Wildman–Crippen LogP) is 2.27. The van der Waals surface area contributed by atoms with E-state index in [0.29, 0.717) is 29.7 Å². The molecule has 1 fully saturated rings. The zero-order valence-corrected chi connectivity index (χ0v) is 12.8. The molecule has 2 aliphatic rings. The number of fused-ring (bicyclic) bond motifs is 1. The smallest absolute Gasteiger partial charge is 0.267 e. The second kappa shape index (κ2) is 6.15. The van der Waals surface area contributed by atoms with Crippen LogP contribution < -0.4 is 5.32 Å². The summed E-state index contributed by atoms with van der Waals surface area (Å²) >= 11 is 0. The van der Waals surface area contributed by atoms with Crippen LogP contribution in [0.25, 0.3) is 0 Å². The molecule has 0 bridgehead atoms. The number of rotatable bonds is 4. The molecule has 1 heterocycles. The summed E-state index contributed by atoms with van der Waals surface area (Å²) in [5.74, 6) is 0. The normalized spacial score (nSPS) is 21.2. The highest BCUT2D eigenvalue weighted by Gasteiger charge is 2.28. The van der Waals surface area contributed by atoms with Gasteiger partial charge in [0.15, 0.2) is 0 Å². The zero-order valence-electron chi connectivity index (χ0n) is 12.0. The molecule has 1 aliphatic heterocycles. The summed E-state index contributed by atoms with van der Waals surface area (Å²) in [6, 6.07) is 7.40. The fourth-order valence-electron chi connectivity index (χ4n) is 2.96. The van der Waals surface area contributed by atoms with Crippen LogP contribution in [0, 0.1) is 0 Å². The van der Waals surface area contributed by atoms with Gasteiger partial charge in [0, 0.05) is 19.1 Å². The quantitative estimate of drug-likeness (QED) is 0.928. The van der Waals surface area contributed by atoms with Crippen molar-refractivity contribution in [3.63, 3.8) is 0 Å². The Morgan fingerprint density at radius 2 is 1.95 bits per heavy atom. The van der Waals surface area contributed by atoms with E-state index in [-0.39, 0.29) is 0 Å². The number of sulfonamides is 1. The van der Waals surface area contributed by atoms with Gasteiger partial charge in [-0.1, -0.05) is 31.4 Å². The molecule has 21 heavy (non-hydrogen) atoms. The van der Waals surface area contributed by atoms with Gasteiger partial charge >= 0.3 is 0 Å². The monoisotopic (exact) mass is 307 g/mol. The van der Waals surface area contributed by atoms with Crippen LogP contribution in [0.15, 0.2) is 34.2 Å². The van der Waals surface area contributed by atoms with E-state index in [1.165, 1.54) is 42.7 Å². The van der Waals surface area contributed by atoms with E-state index >= 15 is 0 Å². The minimum Gasteiger partial charge on any atom is -0.312 e. The van der Waals surface area contributed by atoms with Gasteiger partial charge < -0.3 is 5.32 Å². The Balaban J connectivity index is 1.62. The summed E-state index contributed by atoms with van der Waals surface area (Å²) in [7, 11) is -3.44. The average molecular weight is 307 g/mol. The first-order chi connectivity index (χ1) is 10.2. The summed E-state index contributed by atoms with van der Waals surface area (Å²) in [6.07, 6.45) is 7.69. The maximum Gasteiger partial charge on any atom is 0.267 e. The Hall–Kier alpha value is -1.40. The van der Waals surface area contributed by atoms with E-state index in [4.69, 9.17) is 0 Å². The third kappa shape index (κ3) is 3.11. The zero-order chi connectivity index (χ0) is 14.7. The lowest BCUT2D eigenvalue weighted by atomic mass is 9.95. The lowest BCUT2D eigenvalue weighted by Crippen LogP contribution is -2.40. The molecule has 114 valence electrons. The number of benzene rings is 1. The van der Waals surface area contributed by atoms with Crippen LogP contribution in [0.1, 0.15) is 32.1 Å². The molecule has 1 saturated carbocycles. The fraction of sp³-hybridized carbons (Fsp3) is 0.533. The topological polar surface area (TPSA) is 61.8 Å². The average Bonchev–Trinajstić information content (AvgIpc) is 2.51. The van der Waals surface area contributed by atoms with E-state index in [0.717, 1.165) is 0 Å². The largest absolute Gasteiger partial charge is 0.312 e. The van der Waals surface area contributed by atoms with Crippen molar-refractivity contribution in [2.24, 2.45) is 4.99 Å².